The number of methoxy groups -OCH3 is 1. The van der Waals surface area contributed by atoms with Crippen LogP contribution in [0.25, 0.3) is 0 Å². The average molecular weight is 309 g/mol. The second kappa shape index (κ2) is 7.08. The van der Waals surface area contributed by atoms with Gasteiger partial charge in [-0.05, 0) is 30.2 Å². The first-order valence-corrected chi connectivity index (χ1v) is 7.82. The first-order valence-electron chi connectivity index (χ1n) is 7.39. The van der Waals surface area contributed by atoms with Crippen molar-refractivity contribution in [1.82, 2.24) is 0 Å². The van der Waals surface area contributed by atoms with Crippen molar-refractivity contribution in [2.75, 3.05) is 7.11 Å². The predicted octanol–water partition coefficient (Wildman–Crippen LogP) is 3.94. The van der Waals surface area contributed by atoms with Crippen LogP contribution in [-0.4, -0.2) is 24.2 Å². The predicted molar refractivity (Wildman–Crippen MR) is 82.8 cm³/mol. The lowest BCUT2D eigenvalue weighted by Gasteiger charge is -2.26. The summed E-state index contributed by atoms with van der Waals surface area (Å²) in [5.41, 5.74) is 1.72. The summed E-state index contributed by atoms with van der Waals surface area (Å²) in [4.78, 5) is 23.3. The van der Waals surface area contributed by atoms with Gasteiger partial charge in [0, 0.05) is 5.56 Å². The summed E-state index contributed by atoms with van der Waals surface area (Å²) in [6, 6.07) is 7.48. The molecule has 1 aromatic carbocycles. The third-order valence-electron chi connectivity index (χ3n) is 4.32. The molecule has 114 valence electrons. The molecule has 1 unspecified atom stereocenters. The highest BCUT2D eigenvalue weighted by molar-refractivity contribution is 6.43. The van der Waals surface area contributed by atoms with E-state index in [0.29, 0.717) is 11.5 Å². The van der Waals surface area contributed by atoms with Gasteiger partial charge in [0.2, 0.25) is 0 Å². The molecule has 1 saturated carbocycles. The minimum absolute atomic E-state index is 0.410. The van der Waals surface area contributed by atoms with Crippen LogP contribution in [0.15, 0.2) is 24.3 Å². The molecule has 0 heterocycles. The van der Waals surface area contributed by atoms with Gasteiger partial charge in [-0.15, -0.1) is 11.6 Å². The van der Waals surface area contributed by atoms with Crippen LogP contribution in [0.4, 0.5) is 0 Å². The maximum Gasteiger partial charge on any atom is 0.331 e. The van der Waals surface area contributed by atoms with Crippen molar-refractivity contribution in [3.05, 3.63) is 35.4 Å². The van der Waals surface area contributed by atoms with Crippen LogP contribution >= 0.6 is 11.6 Å². The summed E-state index contributed by atoms with van der Waals surface area (Å²) >= 11 is 5.80. The van der Waals surface area contributed by atoms with Gasteiger partial charge in [0.15, 0.2) is 11.2 Å². The number of rotatable bonds is 4. The lowest BCUT2D eigenvalue weighted by Crippen LogP contribution is -2.25. The molecule has 0 spiro atoms. The van der Waals surface area contributed by atoms with Crippen LogP contribution in [0.1, 0.15) is 54.4 Å². The summed E-state index contributed by atoms with van der Waals surface area (Å²) < 4.78 is 4.49. The topological polar surface area (TPSA) is 43.4 Å². The Balaban J connectivity index is 2.05. The zero-order valence-electron chi connectivity index (χ0n) is 12.5. The molecule has 1 aliphatic carbocycles. The van der Waals surface area contributed by atoms with Crippen LogP contribution in [0.2, 0.25) is 0 Å². The zero-order chi connectivity index (χ0) is 15.4. The van der Waals surface area contributed by atoms with E-state index in [-0.39, 0.29) is 0 Å². The highest BCUT2D eigenvalue weighted by atomic mass is 35.5. The molecule has 1 aliphatic rings. The van der Waals surface area contributed by atoms with Crippen LogP contribution in [0, 0.1) is 5.92 Å². The molecule has 1 aromatic rings. The van der Waals surface area contributed by atoms with Gasteiger partial charge in [-0.3, -0.25) is 4.79 Å². The van der Waals surface area contributed by atoms with E-state index >= 15 is 0 Å². The standard InChI is InChI=1S/C17H21ClO3/c1-11-3-5-12(6-4-11)13-7-9-14(10-8-13)16(19)15(18)17(20)21-2/h7-12,15H,3-6H2,1-2H3. The zero-order valence-corrected chi connectivity index (χ0v) is 13.2. The van der Waals surface area contributed by atoms with Crippen molar-refractivity contribution in [1.29, 1.82) is 0 Å². The summed E-state index contributed by atoms with van der Waals surface area (Å²) in [7, 11) is 1.22. The first-order chi connectivity index (χ1) is 10.0. The number of ether oxygens (including phenoxy) is 1. The molecule has 1 atom stereocenters. The van der Waals surface area contributed by atoms with Crippen LogP contribution < -0.4 is 0 Å². The Hall–Kier alpha value is -1.35. The van der Waals surface area contributed by atoms with Gasteiger partial charge in [0.1, 0.15) is 0 Å². The van der Waals surface area contributed by atoms with Crippen molar-refractivity contribution in [2.24, 2.45) is 5.92 Å². The molecule has 0 aliphatic heterocycles. The highest BCUT2D eigenvalue weighted by Crippen LogP contribution is 2.35. The maximum absolute atomic E-state index is 12.0. The highest BCUT2D eigenvalue weighted by Gasteiger charge is 2.26. The molecule has 0 aromatic heterocycles. The van der Waals surface area contributed by atoms with Gasteiger partial charge in [-0.2, -0.15) is 0 Å². The minimum atomic E-state index is -1.27. The molecule has 1 fully saturated rings. The third-order valence-corrected chi connectivity index (χ3v) is 4.70. The Morgan fingerprint density at radius 2 is 1.71 bits per heavy atom. The van der Waals surface area contributed by atoms with Gasteiger partial charge < -0.3 is 4.74 Å². The Kier molecular flexibility index (Phi) is 5.40. The summed E-state index contributed by atoms with van der Waals surface area (Å²) in [5.74, 6) is 0.274. The van der Waals surface area contributed by atoms with Crippen LogP contribution in [0.3, 0.4) is 0 Å². The molecule has 0 N–H and O–H groups in total. The van der Waals surface area contributed by atoms with E-state index in [9.17, 15) is 9.59 Å². The lowest BCUT2D eigenvalue weighted by atomic mass is 9.79. The smallest absolute Gasteiger partial charge is 0.331 e. The molecule has 0 amide bonds. The van der Waals surface area contributed by atoms with E-state index in [0.717, 1.165) is 5.92 Å². The molecule has 21 heavy (non-hydrogen) atoms. The number of carbonyl (C=O) groups is 2. The van der Waals surface area contributed by atoms with Gasteiger partial charge in [-0.25, -0.2) is 4.79 Å². The Morgan fingerprint density at radius 1 is 1.14 bits per heavy atom. The first kappa shape index (κ1) is 16.0. The van der Waals surface area contributed by atoms with Crippen molar-refractivity contribution in [2.45, 2.75) is 43.9 Å². The molecule has 4 heteroatoms. The number of halogens is 1. The largest absolute Gasteiger partial charge is 0.468 e. The summed E-state index contributed by atoms with van der Waals surface area (Å²) in [6.45, 7) is 2.30. The van der Waals surface area contributed by atoms with E-state index in [4.69, 9.17) is 11.6 Å². The number of carbonyl (C=O) groups excluding carboxylic acids is 2. The van der Waals surface area contributed by atoms with Gasteiger partial charge in [0.05, 0.1) is 7.11 Å². The maximum atomic E-state index is 12.0. The van der Waals surface area contributed by atoms with E-state index < -0.39 is 17.1 Å². The molecular weight excluding hydrogens is 288 g/mol. The fraction of sp³-hybridized carbons (Fsp3) is 0.529. The number of hydrogen-bond donors (Lipinski definition) is 0. The Bertz CT molecular complexity index is 501. The lowest BCUT2D eigenvalue weighted by molar-refractivity contribution is -0.139. The molecule has 0 bridgehead atoms. The summed E-state index contributed by atoms with van der Waals surface area (Å²) in [6.07, 6.45) is 4.93. The number of Topliss-reactive ketones (excluding diaryl/α,β-unsaturated/α-hetero) is 1. The van der Waals surface area contributed by atoms with E-state index in [2.05, 4.69) is 11.7 Å². The minimum Gasteiger partial charge on any atom is -0.468 e. The quantitative estimate of drug-likeness (QED) is 0.366. The Morgan fingerprint density at radius 3 is 2.24 bits per heavy atom. The number of alkyl halides is 1. The number of esters is 1. The van der Waals surface area contributed by atoms with Crippen molar-refractivity contribution < 1.29 is 14.3 Å². The molecule has 0 saturated heterocycles. The third kappa shape index (κ3) is 3.85. The summed E-state index contributed by atoms with van der Waals surface area (Å²) in [5, 5.41) is -1.27. The fourth-order valence-electron chi connectivity index (χ4n) is 2.87. The number of ketones is 1. The normalized spacial score (nSPS) is 23.4. The SMILES string of the molecule is COC(=O)C(Cl)C(=O)c1ccc(C2CCC(C)CC2)cc1. The van der Waals surface area contributed by atoms with Crippen LogP contribution in [-0.2, 0) is 9.53 Å². The van der Waals surface area contributed by atoms with Gasteiger partial charge in [0.25, 0.3) is 0 Å². The Labute approximate surface area is 130 Å². The van der Waals surface area contributed by atoms with Gasteiger partial charge in [-0.1, -0.05) is 44.0 Å². The second-order valence-electron chi connectivity index (χ2n) is 5.83. The van der Waals surface area contributed by atoms with Crippen molar-refractivity contribution in [3.8, 4) is 0 Å². The molecule has 0 radical (unpaired) electrons. The molecular formula is C17H21ClO3. The van der Waals surface area contributed by atoms with Gasteiger partial charge >= 0.3 is 5.97 Å². The number of benzene rings is 1. The van der Waals surface area contributed by atoms with Crippen LogP contribution in [0.5, 0.6) is 0 Å². The number of hydrogen-bond acceptors (Lipinski definition) is 3. The van der Waals surface area contributed by atoms with Crippen molar-refractivity contribution >= 4 is 23.4 Å². The average Bonchev–Trinajstić information content (AvgIpc) is 2.53. The van der Waals surface area contributed by atoms with Crippen molar-refractivity contribution in [3.63, 3.8) is 0 Å². The molecule has 3 nitrogen and oxygen atoms in total. The van der Waals surface area contributed by atoms with E-state index in [1.54, 1.807) is 12.1 Å². The second-order valence-corrected chi connectivity index (χ2v) is 6.27. The monoisotopic (exact) mass is 308 g/mol. The fourth-order valence-corrected chi connectivity index (χ4v) is 3.08. The van der Waals surface area contributed by atoms with E-state index in [1.165, 1.54) is 38.4 Å². The molecule has 2 rings (SSSR count). The van der Waals surface area contributed by atoms with E-state index in [1.807, 2.05) is 12.1 Å².